The summed E-state index contributed by atoms with van der Waals surface area (Å²) in [4.78, 5) is 0. The lowest BCUT2D eigenvalue weighted by Crippen LogP contribution is -2.14. The highest BCUT2D eigenvalue weighted by Gasteiger charge is 1.97. The highest BCUT2D eigenvalue weighted by atomic mass is 14.9. The minimum atomic E-state index is 0.895. The second-order valence-corrected chi connectivity index (χ2v) is 5.99. The zero-order chi connectivity index (χ0) is 16.5. The van der Waals surface area contributed by atoms with Gasteiger partial charge >= 0.3 is 0 Å². The Labute approximate surface area is 144 Å². The number of hydrogen-bond acceptors (Lipinski definition) is 2. The fourth-order valence-electron chi connectivity index (χ4n) is 2.67. The van der Waals surface area contributed by atoms with Gasteiger partial charge in [0, 0.05) is 26.2 Å². The molecule has 2 heteroatoms. The number of hydrogen-bond donors (Lipinski definition) is 2. The molecule has 0 aliphatic heterocycles. The summed E-state index contributed by atoms with van der Waals surface area (Å²) in [5.74, 6) is 0. The van der Waals surface area contributed by atoms with Crippen molar-refractivity contribution in [1.29, 1.82) is 0 Å². The molecule has 122 valence electrons. The van der Waals surface area contributed by atoms with Gasteiger partial charge in [0.1, 0.15) is 0 Å². The Hall–Kier alpha value is -2.42. The van der Waals surface area contributed by atoms with Gasteiger partial charge in [-0.05, 0) is 22.3 Å². The zero-order valence-corrected chi connectivity index (χ0v) is 13.9. The zero-order valence-electron chi connectivity index (χ0n) is 13.9. The smallest absolute Gasteiger partial charge is 0.0208 e. The first-order valence-corrected chi connectivity index (χ1v) is 8.47. The molecule has 0 heterocycles. The molecule has 0 amide bonds. The molecule has 0 saturated heterocycles. The highest BCUT2D eigenvalue weighted by Crippen LogP contribution is 2.06. The molecule has 3 aromatic rings. The van der Waals surface area contributed by atoms with Crippen LogP contribution in [0, 0.1) is 0 Å². The first-order valence-electron chi connectivity index (χ1n) is 8.47. The normalized spacial score (nSPS) is 10.7. The van der Waals surface area contributed by atoms with Crippen LogP contribution in [-0.4, -0.2) is 0 Å². The van der Waals surface area contributed by atoms with Crippen molar-refractivity contribution in [3.8, 4) is 0 Å². The van der Waals surface area contributed by atoms with Crippen molar-refractivity contribution in [2.75, 3.05) is 0 Å². The van der Waals surface area contributed by atoms with E-state index in [4.69, 9.17) is 0 Å². The first kappa shape index (κ1) is 16.4. The summed E-state index contributed by atoms with van der Waals surface area (Å²) in [6.07, 6.45) is 0. The molecule has 0 atom stereocenters. The Balaban J connectivity index is 1.40. The molecule has 3 rings (SSSR count). The van der Waals surface area contributed by atoms with Gasteiger partial charge in [0.2, 0.25) is 0 Å². The van der Waals surface area contributed by atoms with E-state index in [2.05, 4.69) is 83.4 Å². The average Bonchev–Trinajstić information content (AvgIpc) is 2.65. The van der Waals surface area contributed by atoms with Gasteiger partial charge < -0.3 is 10.6 Å². The van der Waals surface area contributed by atoms with Gasteiger partial charge in [-0.2, -0.15) is 0 Å². The van der Waals surface area contributed by atoms with Gasteiger partial charge in [0.05, 0.1) is 0 Å². The molecule has 0 spiro atoms. The summed E-state index contributed by atoms with van der Waals surface area (Å²) >= 11 is 0. The Kier molecular flexibility index (Phi) is 6.18. The molecular weight excluding hydrogens is 292 g/mol. The Morgan fingerprint density at radius 1 is 0.375 bits per heavy atom. The van der Waals surface area contributed by atoms with Gasteiger partial charge in [0.25, 0.3) is 0 Å². The van der Waals surface area contributed by atoms with Crippen LogP contribution in [0.2, 0.25) is 0 Å². The second kappa shape index (κ2) is 9.02. The minimum absolute atomic E-state index is 0.895. The van der Waals surface area contributed by atoms with Crippen LogP contribution in [0.15, 0.2) is 84.9 Å². The monoisotopic (exact) mass is 316 g/mol. The lowest BCUT2D eigenvalue weighted by atomic mass is 10.1. The molecule has 0 saturated carbocycles. The van der Waals surface area contributed by atoms with E-state index in [1.807, 2.05) is 12.1 Å². The maximum atomic E-state index is 3.49. The predicted octanol–water partition coefficient (Wildman–Crippen LogP) is 4.27. The molecule has 24 heavy (non-hydrogen) atoms. The van der Waals surface area contributed by atoms with Crippen LogP contribution in [0.5, 0.6) is 0 Å². The van der Waals surface area contributed by atoms with Crippen molar-refractivity contribution in [3.05, 3.63) is 107 Å². The van der Waals surface area contributed by atoms with E-state index in [1.54, 1.807) is 0 Å². The molecule has 0 bridgehead atoms. The lowest BCUT2D eigenvalue weighted by molar-refractivity contribution is 0.686. The molecule has 0 aromatic heterocycles. The van der Waals surface area contributed by atoms with Crippen LogP contribution in [0.1, 0.15) is 22.3 Å². The third-order valence-electron chi connectivity index (χ3n) is 4.03. The summed E-state index contributed by atoms with van der Waals surface area (Å²) in [7, 11) is 0. The quantitative estimate of drug-likeness (QED) is 0.648. The first-order chi connectivity index (χ1) is 11.9. The van der Waals surface area contributed by atoms with Crippen LogP contribution in [-0.2, 0) is 26.2 Å². The van der Waals surface area contributed by atoms with Crippen molar-refractivity contribution < 1.29 is 0 Å². The Morgan fingerprint density at radius 3 is 1.00 bits per heavy atom. The van der Waals surface area contributed by atoms with Crippen molar-refractivity contribution in [2.45, 2.75) is 26.2 Å². The average molecular weight is 316 g/mol. The molecule has 0 aliphatic carbocycles. The van der Waals surface area contributed by atoms with E-state index >= 15 is 0 Å². The Morgan fingerprint density at radius 2 is 0.667 bits per heavy atom. The fourth-order valence-corrected chi connectivity index (χ4v) is 2.67. The molecule has 3 aromatic carbocycles. The van der Waals surface area contributed by atoms with Crippen molar-refractivity contribution in [2.24, 2.45) is 0 Å². The summed E-state index contributed by atoms with van der Waals surface area (Å²) in [5, 5.41) is 6.97. The second-order valence-electron chi connectivity index (χ2n) is 5.99. The van der Waals surface area contributed by atoms with Crippen LogP contribution in [0.3, 0.4) is 0 Å². The van der Waals surface area contributed by atoms with Crippen molar-refractivity contribution in [1.82, 2.24) is 10.6 Å². The summed E-state index contributed by atoms with van der Waals surface area (Å²) in [6, 6.07) is 29.8. The highest BCUT2D eigenvalue weighted by molar-refractivity contribution is 5.23. The molecule has 0 radical (unpaired) electrons. The Bertz CT molecular complexity index is 641. The van der Waals surface area contributed by atoms with Gasteiger partial charge in [-0.1, -0.05) is 84.9 Å². The predicted molar refractivity (Wildman–Crippen MR) is 100 cm³/mol. The lowest BCUT2D eigenvalue weighted by Gasteiger charge is -2.08. The maximum Gasteiger partial charge on any atom is 0.0208 e. The van der Waals surface area contributed by atoms with Crippen molar-refractivity contribution >= 4 is 0 Å². The topological polar surface area (TPSA) is 24.1 Å². The van der Waals surface area contributed by atoms with Gasteiger partial charge in [-0.25, -0.2) is 0 Å². The van der Waals surface area contributed by atoms with E-state index in [9.17, 15) is 0 Å². The SMILES string of the molecule is c1ccc(CNCc2ccc(CNCc3ccccc3)cc2)cc1. The van der Waals surface area contributed by atoms with Gasteiger partial charge in [-0.3, -0.25) is 0 Å². The van der Waals surface area contributed by atoms with Crippen LogP contribution in [0.4, 0.5) is 0 Å². The van der Waals surface area contributed by atoms with Gasteiger partial charge in [0.15, 0.2) is 0 Å². The number of benzene rings is 3. The maximum absolute atomic E-state index is 3.49. The van der Waals surface area contributed by atoms with Gasteiger partial charge in [-0.15, -0.1) is 0 Å². The summed E-state index contributed by atoms with van der Waals surface area (Å²) < 4.78 is 0. The number of rotatable bonds is 8. The largest absolute Gasteiger partial charge is 0.309 e. The third kappa shape index (κ3) is 5.34. The van der Waals surface area contributed by atoms with E-state index in [0.29, 0.717) is 0 Å². The third-order valence-corrected chi connectivity index (χ3v) is 4.03. The van der Waals surface area contributed by atoms with E-state index in [0.717, 1.165) is 26.2 Å². The molecule has 0 unspecified atom stereocenters. The van der Waals surface area contributed by atoms with E-state index in [1.165, 1.54) is 22.3 Å². The molecule has 0 fully saturated rings. The van der Waals surface area contributed by atoms with E-state index in [-0.39, 0.29) is 0 Å². The van der Waals surface area contributed by atoms with Crippen LogP contribution in [0.25, 0.3) is 0 Å². The number of nitrogens with one attached hydrogen (secondary N) is 2. The summed E-state index contributed by atoms with van der Waals surface area (Å²) in [5.41, 5.74) is 5.27. The van der Waals surface area contributed by atoms with Crippen LogP contribution < -0.4 is 10.6 Å². The molecule has 2 nitrogen and oxygen atoms in total. The minimum Gasteiger partial charge on any atom is -0.309 e. The summed E-state index contributed by atoms with van der Waals surface area (Å²) in [6.45, 7) is 3.60. The molecule has 0 aliphatic rings. The van der Waals surface area contributed by atoms with Crippen molar-refractivity contribution in [3.63, 3.8) is 0 Å². The van der Waals surface area contributed by atoms with Crippen LogP contribution >= 0.6 is 0 Å². The fraction of sp³-hybridized carbons (Fsp3) is 0.182. The van der Waals surface area contributed by atoms with E-state index < -0.39 is 0 Å². The molecular formula is C22H24N2. The molecule has 2 N–H and O–H groups in total. The standard InChI is InChI=1S/C22H24N2/c1-3-7-19(8-4-1)15-23-17-21-11-13-22(14-12-21)18-24-16-20-9-5-2-6-10-20/h1-14,23-24H,15-18H2.